The highest BCUT2D eigenvalue weighted by Crippen LogP contribution is 2.56. The zero-order chi connectivity index (χ0) is 14.1. The van der Waals surface area contributed by atoms with Gasteiger partial charge in [0.25, 0.3) is 0 Å². The van der Waals surface area contributed by atoms with Crippen LogP contribution in [0.1, 0.15) is 25.3 Å². The van der Waals surface area contributed by atoms with Crippen LogP contribution in [-0.2, 0) is 10.2 Å². The highest BCUT2D eigenvalue weighted by molar-refractivity contribution is 9.10. The van der Waals surface area contributed by atoms with Gasteiger partial charge in [0.05, 0.1) is 27.3 Å². The summed E-state index contributed by atoms with van der Waals surface area (Å²) >= 11 is 3.22. The van der Waals surface area contributed by atoms with Crippen LogP contribution in [0.5, 0.6) is 0 Å². The number of rotatable bonds is 0. The molecule has 20 heavy (non-hydrogen) atoms. The van der Waals surface area contributed by atoms with E-state index in [0.717, 1.165) is 18.4 Å². The third-order valence-corrected chi connectivity index (χ3v) is 5.09. The number of pyridine rings is 1. The summed E-state index contributed by atoms with van der Waals surface area (Å²) in [6, 6.07) is 3.43. The SMILES string of the molecule is CC1CC2(C1)C(=O)Nc1cnc3ccc(Br)c(F)c3c12. The fourth-order valence-corrected chi connectivity index (χ4v) is 4.02. The lowest BCUT2D eigenvalue weighted by Gasteiger charge is -2.42. The summed E-state index contributed by atoms with van der Waals surface area (Å²) in [6.07, 6.45) is 3.19. The number of carbonyl (C=O) groups is 1. The van der Waals surface area contributed by atoms with Crippen LogP contribution < -0.4 is 5.32 Å². The number of fused-ring (bicyclic) bond motifs is 4. The molecule has 2 aromatic rings. The van der Waals surface area contributed by atoms with Crippen molar-refractivity contribution in [1.29, 1.82) is 0 Å². The van der Waals surface area contributed by atoms with Crippen LogP contribution in [0.2, 0.25) is 0 Å². The summed E-state index contributed by atoms with van der Waals surface area (Å²) < 4.78 is 15.0. The lowest BCUT2D eigenvalue weighted by Crippen LogP contribution is -2.45. The van der Waals surface area contributed by atoms with Gasteiger partial charge >= 0.3 is 0 Å². The molecular formula is C15H12BrFN2O. The molecule has 1 aromatic carbocycles. The molecule has 0 saturated heterocycles. The van der Waals surface area contributed by atoms with Crippen LogP contribution in [0.15, 0.2) is 22.8 Å². The minimum absolute atomic E-state index is 0.0146. The van der Waals surface area contributed by atoms with Crippen molar-refractivity contribution in [2.24, 2.45) is 5.92 Å². The first kappa shape index (κ1) is 12.3. The molecule has 0 atom stereocenters. The zero-order valence-electron chi connectivity index (χ0n) is 10.8. The Morgan fingerprint density at radius 1 is 1.45 bits per heavy atom. The van der Waals surface area contributed by atoms with E-state index in [1.54, 1.807) is 18.3 Å². The number of nitrogens with zero attached hydrogens (tertiary/aromatic N) is 1. The third kappa shape index (κ3) is 1.34. The van der Waals surface area contributed by atoms with Crippen molar-refractivity contribution < 1.29 is 9.18 Å². The van der Waals surface area contributed by atoms with Crippen LogP contribution >= 0.6 is 15.9 Å². The molecule has 1 amide bonds. The molecule has 1 saturated carbocycles. The minimum Gasteiger partial charge on any atom is -0.324 e. The molecule has 2 aliphatic rings. The van der Waals surface area contributed by atoms with Gasteiger partial charge in [-0.3, -0.25) is 9.78 Å². The lowest BCUT2D eigenvalue weighted by atomic mass is 9.59. The fraction of sp³-hybridized carbons (Fsp3) is 0.333. The average Bonchev–Trinajstić information content (AvgIpc) is 2.67. The second-order valence-electron chi connectivity index (χ2n) is 5.85. The van der Waals surface area contributed by atoms with Gasteiger partial charge < -0.3 is 5.32 Å². The molecule has 5 heteroatoms. The van der Waals surface area contributed by atoms with E-state index in [1.807, 2.05) is 0 Å². The molecule has 1 aliphatic heterocycles. The smallest absolute Gasteiger partial charge is 0.235 e. The van der Waals surface area contributed by atoms with Gasteiger partial charge in [0.2, 0.25) is 5.91 Å². The van der Waals surface area contributed by atoms with Crippen molar-refractivity contribution in [3.63, 3.8) is 0 Å². The molecule has 1 N–H and O–H groups in total. The average molecular weight is 335 g/mol. The summed E-state index contributed by atoms with van der Waals surface area (Å²) in [6.45, 7) is 2.12. The van der Waals surface area contributed by atoms with E-state index in [-0.39, 0.29) is 11.7 Å². The van der Waals surface area contributed by atoms with Crippen molar-refractivity contribution >= 4 is 38.4 Å². The number of halogens is 2. The van der Waals surface area contributed by atoms with Crippen LogP contribution in [0.4, 0.5) is 10.1 Å². The molecule has 1 aromatic heterocycles. The zero-order valence-corrected chi connectivity index (χ0v) is 12.4. The van der Waals surface area contributed by atoms with Crippen molar-refractivity contribution in [3.05, 3.63) is 34.2 Å². The second-order valence-corrected chi connectivity index (χ2v) is 6.71. The van der Waals surface area contributed by atoms with Crippen molar-refractivity contribution in [2.45, 2.75) is 25.2 Å². The standard InChI is InChI=1S/C15H12BrFN2O/c1-7-4-15(5-7)12-10(19-14(15)20)6-18-9-3-2-8(16)13(17)11(9)12/h2-3,6-7H,4-5H2,1H3,(H,19,20). The van der Waals surface area contributed by atoms with Gasteiger partial charge in [-0.15, -0.1) is 0 Å². The summed E-state index contributed by atoms with van der Waals surface area (Å²) in [5.41, 5.74) is 1.49. The molecule has 102 valence electrons. The monoisotopic (exact) mass is 334 g/mol. The van der Waals surface area contributed by atoms with Gasteiger partial charge in [-0.05, 0) is 46.8 Å². The Labute approximate surface area is 123 Å². The number of anilines is 1. The Morgan fingerprint density at radius 3 is 2.90 bits per heavy atom. The van der Waals surface area contributed by atoms with Gasteiger partial charge in [0, 0.05) is 10.9 Å². The van der Waals surface area contributed by atoms with Gasteiger partial charge in [0.1, 0.15) is 5.82 Å². The summed E-state index contributed by atoms with van der Waals surface area (Å²) in [7, 11) is 0. The Kier molecular flexibility index (Phi) is 2.32. The lowest BCUT2D eigenvalue weighted by molar-refractivity contribution is -0.125. The number of benzene rings is 1. The Morgan fingerprint density at radius 2 is 2.20 bits per heavy atom. The van der Waals surface area contributed by atoms with Gasteiger partial charge in [-0.2, -0.15) is 0 Å². The Bertz CT molecular complexity index is 768. The predicted molar refractivity (Wildman–Crippen MR) is 78.1 cm³/mol. The Balaban J connectivity index is 2.10. The minimum atomic E-state index is -0.558. The molecule has 0 unspecified atom stereocenters. The van der Waals surface area contributed by atoms with Crippen molar-refractivity contribution in [1.82, 2.24) is 4.98 Å². The first-order chi connectivity index (χ1) is 9.53. The van der Waals surface area contributed by atoms with Gasteiger partial charge in [-0.25, -0.2) is 4.39 Å². The maximum Gasteiger partial charge on any atom is 0.235 e. The molecule has 0 radical (unpaired) electrons. The van der Waals surface area contributed by atoms with Gasteiger partial charge in [-0.1, -0.05) is 6.92 Å². The van der Waals surface area contributed by atoms with Crippen LogP contribution in [0.3, 0.4) is 0 Å². The van der Waals surface area contributed by atoms with Gasteiger partial charge in [0.15, 0.2) is 0 Å². The van der Waals surface area contributed by atoms with E-state index in [0.29, 0.717) is 27.0 Å². The summed E-state index contributed by atoms with van der Waals surface area (Å²) in [4.78, 5) is 16.6. The maximum absolute atomic E-state index is 14.6. The van der Waals surface area contributed by atoms with Crippen molar-refractivity contribution in [2.75, 3.05) is 5.32 Å². The van der Waals surface area contributed by atoms with E-state index >= 15 is 0 Å². The maximum atomic E-state index is 14.6. The van der Waals surface area contributed by atoms with E-state index < -0.39 is 5.41 Å². The topological polar surface area (TPSA) is 42.0 Å². The molecule has 3 nitrogen and oxygen atoms in total. The number of carbonyl (C=O) groups excluding carboxylic acids is 1. The number of nitrogens with one attached hydrogen (secondary N) is 1. The van der Waals surface area contributed by atoms with Crippen LogP contribution in [-0.4, -0.2) is 10.9 Å². The second kappa shape index (κ2) is 3.79. The van der Waals surface area contributed by atoms with E-state index in [1.165, 1.54) is 0 Å². The normalized spacial score (nSPS) is 27.6. The molecule has 1 spiro atoms. The Hall–Kier alpha value is -1.49. The molecular weight excluding hydrogens is 323 g/mol. The number of hydrogen-bond acceptors (Lipinski definition) is 2. The predicted octanol–water partition coefficient (Wildman–Crippen LogP) is 3.76. The van der Waals surface area contributed by atoms with Crippen LogP contribution in [0.25, 0.3) is 10.9 Å². The van der Waals surface area contributed by atoms with E-state index in [9.17, 15) is 9.18 Å². The van der Waals surface area contributed by atoms with E-state index in [4.69, 9.17) is 0 Å². The number of amides is 1. The molecule has 1 aliphatic carbocycles. The third-order valence-electron chi connectivity index (χ3n) is 4.48. The largest absolute Gasteiger partial charge is 0.324 e. The first-order valence-electron chi connectivity index (χ1n) is 6.61. The van der Waals surface area contributed by atoms with Crippen LogP contribution in [0, 0.1) is 11.7 Å². The quantitative estimate of drug-likeness (QED) is 0.797. The number of hydrogen-bond donors (Lipinski definition) is 1. The molecule has 2 heterocycles. The number of aromatic nitrogens is 1. The molecule has 4 rings (SSSR count). The summed E-state index contributed by atoms with van der Waals surface area (Å²) in [5, 5.41) is 3.34. The summed E-state index contributed by atoms with van der Waals surface area (Å²) in [5.74, 6) is 0.145. The highest BCUT2D eigenvalue weighted by atomic mass is 79.9. The molecule has 0 bridgehead atoms. The highest BCUT2D eigenvalue weighted by Gasteiger charge is 2.55. The molecule has 1 fully saturated rings. The fourth-order valence-electron chi connectivity index (χ4n) is 3.69. The van der Waals surface area contributed by atoms with E-state index in [2.05, 4.69) is 33.2 Å². The first-order valence-corrected chi connectivity index (χ1v) is 7.41. The van der Waals surface area contributed by atoms with Crippen molar-refractivity contribution in [3.8, 4) is 0 Å².